The van der Waals surface area contributed by atoms with Gasteiger partial charge in [-0.15, -0.1) is 11.3 Å². The molecule has 0 radical (unpaired) electrons. The van der Waals surface area contributed by atoms with E-state index in [4.69, 9.17) is 14.2 Å². The Hall–Kier alpha value is -2.74. The molecule has 0 aliphatic rings. The molecule has 0 aliphatic heterocycles. The van der Waals surface area contributed by atoms with Gasteiger partial charge in [0.05, 0.1) is 26.9 Å². The highest BCUT2D eigenvalue weighted by atomic mass is 32.1. The van der Waals surface area contributed by atoms with Crippen LogP contribution in [-0.4, -0.2) is 21.3 Å². The van der Waals surface area contributed by atoms with Crippen LogP contribution in [0, 0.1) is 0 Å². The van der Waals surface area contributed by atoms with E-state index in [1.165, 1.54) is 33.5 Å². The molecule has 8 heteroatoms. The molecule has 0 N–H and O–H groups in total. The molecule has 0 fully saturated rings. The number of hydrogen-bond acceptors (Lipinski definition) is 5. The number of rotatable bonds is 4. The molecule has 1 aromatic heterocycles. The van der Waals surface area contributed by atoms with E-state index < -0.39 is 11.7 Å². The average Bonchev–Trinajstić information content (AvgIpc) is 2.65. The molecule has 3 aromatic rings. The third kappa shape index (κ3) is 3.57. The van der Waals surface area contributed by atoms with Crippen LogP contribution in [0.2, 0.25) is 0 Å². The van der Waals surface area contributed by atoms with E-state index in [1.54, 1.807) is 12.1 Å². The first-order chi connectivity index (χ1) is 12.8. The van der Waals surface area contributed by atoms with Crippen LogP contribution in [0.3, 0.4) is 0 Å². The largest absolute Gasteiger partial charge is 0.493 e. The van der Waals surface area contributed by atoms with E-state index >= 15 is 0 Å². The summed E-state index contributed by atoms with van der Waals surface area (Å²) in [6.07, 6.45) is -4.48. The van der Waals surface area contributed by atoms with Crippen LogP contribution in [0.15, 0.2) is 41.2 Å². The van der Waals surface area contributed by atoms with Gasteiger partial charge >= 0.3 is 6.18 Å². The number of benzene rings is 2. The lowest BCUT2D eigenvalue weighted by molar-refractivity contribution is -0.137. The minimum Gasteiger partial charge on any atom is -0.493 e. The molecule has 0 saturated carbocycles. The number of fused-ring (bicyclic) bond motifs is 1. The number of hydrogen-bond donors (Lipinski definition) is 0. The topological polar surface area (TPSA) is 44.8 Å². The number of methoxy groups -OCH3 is 3. The maximum absolute atomic E-state index is 13.0. The van der Waals surface area contributed by atoms with Gasteiger partial charge in [0.2, 0.25) is 5.75 Å². The first-order valence-electron chi connectivity index (χ1n) is 7.74. The molecule has 1 heterocycles. The zero-order valence-electron chi connectivity index (χ0n) is 14.6. The van der Waals surface area contributed by atoms with Gasteiger partial charge in [-0.3, -0.25) is 4.79 Å². The molecule has 0 spiro atoms. The summed E-state index contributed by atoms with van der Waals surface area (Å²) in [7, 11) is 4.38. The molecular formula is C19H15F3O4S. The lowest BCUT2D eigenvalue weighted by atomic mass is 10.1. The molecule has 27 heavy (non-hydrogen) atoms. The van der Waals surface area contributed by atoms with Gasteiger partial charge in [-0.25, -0.2) is 0 Å². The number of ether oxygens (including phenoxy) is 3. The van der Waals surface area contributed by atoms with Crippen LogP contribution in [0.5, 0.6) is 17.2 Å². The van der Waals surface area contributed by atoms with Crippen LogP contribution in [-0.2, 0) is 6.18 Å². The van der Waals surface area contributed by atoms with Gasteiger partial charge in [0.25, 0.3) is 0 Å². The minimum atomic E-state index is -4.48. The van der Waals surface area contributed by atoms with Crippen LogP contribution >= 0.6 is 11.3 Å². The highest BCUT2D eigenvalue weighted by Crippen LogP contribution is 2.42. The second kappa shape index (κ2) is 7.11. The molecule has 142 valence electrons. The Bertz CT molecular complexity index is 1030. The molecule has 0 amide bonds. The molecule has 3 rings (SSSR count). The highest BCUT2D eigenvalue weighted by Gasteiger charge is 2.30. The van der Waals surface area contributed by atoms with Gasteiger partial charge in [-0.05, 0) is 35.9 Å². The fourth-order valence-electron chi connectivity index (χ4n) is 2.70. The van der Waals surface area contributed by atoms with Gasteiger partial charge in [-0.2, -0.15) is 13.2 Å². The van der Waals surface area contributed by atoms with Crippen molar-refractivity contribution in [3.05, 3.63) is 52.2 Å². The summed E-state index contributed by atoms with van der Waals surface area (Å²) in [5.41, 5.74) is -0.583. The summed E-state index contributed by atoms with van der Waals surface area (Å²) < 4.78 is 55.1. The van der Waals surface area contributed by atoms with Crippen molar-refractivity contribution in [2.24, 2.45) is 0 Å². The van der Waals surface area contributed by atoms with Gasteiger partial charge < -0.3 is 14.2 Å². The summed E-state index contributed by atoms with van der Waals surface area (Å²) in [6, 6.07) is 7.79. The van der Waals surface area contributed by atoms with Gasteiger partial charge in [0.15, 0.2) is 16.9 Å². The SMILES string of the molecule is COc1cc(-c2cc(=O)c3ccc(C(F)(F)F)cc3s2)cc(OC)c1OC. The second-order valence-electron chi connectivity index (χ2n) is 5.60. The average molecular weight is 396 g/mol. The van der Waals surface area contributed by atoms with Crippen molar-refractivity contribution in [3.8, 4) is 27.7 Å². The zero-order chi connectivity index (χ0) is 19.8. The first-order valence-corrected chi connectivity index (χ1v) is 8.55. The lowest BCUT2D eigenvalue weighted by Gasteiger charge is -2.14. The molecule has 0 atom stereocenters. The van der Waals surface area contributed by atoms with Crippen molar-refractivity contribution >= 4 is 21.4 Å². The number of halogens is 3. The molecule has 4 nitrogen and oxygen atoms in total. The van der Waals surface area contributed by atoms with E-state index in [-0.39, 0.29) is 15.5 Å². The van der Waals surface area contributed by atoms with E-state index in [0.717, 1.165) is 23.5 Å². The van der Waals surface area contributed by atoms with Crippen molar-refractivity contribution in [1.82, 2.24) is 0 Å². The Morgan fingerprint density at radius 2 is 1.52 bits per heavy atom. The Labute approximate surface area is 156 Å². The van der Waals surface area contributed by atoms with Crippen molar-refractivity contribution in [2.75, 3.05) is 21.3 Å². The maximum Gasteiger partial charge on any atom is 0.416 e. The molecular weight excluding hydrogens is 381 g/mol. The van der Waals surface area contributed by atoms with Crippen LogP contribution in [0.25, 0.3) is 20.5 Å². The Balaban J connectivity index is 2.24. The lowest BCUT2D eigenvalue weighted by Crippen LogP contribution is -2.06. The summed E-state index contributed by atoms with van der Waals surface area (Å²) in [5, 5.41) is 0.240. The van der Waals surface area contributed by atoms with E-state index in [2.05, 4.69) is 0 Å². The molecule has 0 aliphatic carbocycles. The molecule has 0 bridgehead atoms. The summed E-state index contributed by atoms with van der Waals surface area (Å²) in [4.78, 5) is 12.9. The first kappa shape index (κ1) is 19.0. The predicted octanol–water partition coefficient (Wildman–Crippen LogP) is 4.97. The fraction of sp³-hybridized carbons (Fsp3) is 0.211. The third-order valence-electron chi connectivity index (χ3n) is 4.01. The van der Waals surface area contributed by atoms with Gasteiger partial charge in [-0.1, -0.05) is 0 Å². The zero-order valence-corrected chi connectivity index (χ0v) is 15.5. The van der Waals surface area contributed by atoms with Crippen molar-refractivity contribution < 1.29 is 27.4 Å². The molecule has 0 unspecified atom stereocenters. The van der Waals surface area contributed by atoms with Gasteiger partial charge in [0.1, 0.15) is 0 Å². The van der Waals surface area contributed by atoms with Crippen LogP contribution in [0.1, 0.15) is 5.56 Å². The van der Waals surface area contributed by atoms with Crippen molar-refractivity contribution in [1.29, 1.82) is 0 Å². The van der Waals surface area contributed by atoms with Crippen molar-refractivity contribution in [3.63, 3.8) is 0 Å². The summed E-state index contributed by atoms with van der Waals surface area (Å²) in [6.45, 7) is 0. The quantitative estimate of drug-likeness (QED) is 0.624. The van der Waals surface area contributed by atoms with E-state index in [0.29, 0.717) is 27.7 Å². The Kier molecular flexibility index (Phi) is 5.01. The van der Waals surface area contributed by atoms with Gasteiger partial charge in [0, 0.05) is 21.0 Å². The normalized spacial score (nSPS) is 11.5. The molecule has 0 saturated heterocycles. The predicted molar refractivity (Wildman–Crippen MR) is 98.2 cm³/mol. The van der Waals surface area contributed by atoms with Crippen LogP contribution < -0.4 is 19.6 Å². The smallest absolute Gasteiger partial charge is 0.416 e. The van der Waals surface area contributed by atoms with E-state index in [9.17, 15) is 18.0 Å². The standard InChI is InChI=1S/C19H15F3O4S/c1-24-14-6-10(7-15(25-2)18(14)26-3)16-9-13(23)12-5-4-11(19(20,21)22)8-17(12)27-16/h4-9H,1-3H3. The number of alkyl halides is 3. The van der Waals surface area contributed by atoms with E-state index in [1.807, 2.05) is 0 Å². The summed E-state index contributed by atoms with van der Waals surface area (Å²) >= 11 is 1.08. The third-order valence-corrected chi connectivity index (χ3v) is 5.14. The van der Waals surface area contributed by atoms with Crippen LogP contribution in [0.4, 0.5) is 13.2 Å². The summed E-state index contributed by atoms with van der Waals surface area (Å²) in [5.74, 6) is 1.16. The fourth-order valence-corrected chi connectivity index (χ4v) is 3.80. The van der Waals surface area contributed by atoms with Crippen molar-refractivity contribution in [2.45, 2.75) is 6.18 Å². The second-order valence-corrected chi connectivity index (χ2v) is 6.68. The monoisotopic (exact) mass is 396 g/mol. The minimum absolute atomic E-state index is 0.240. The maximum atomic E-state index is 13.0. The molecule has 2 aromatic carbocycles. The Morgan fingerprint density at radius 3 is 2.04 bits per heavy atom. The highest BCUT2D eigenvalue weighted by molar-refractivity contribution is 7.21. The Morgan fingerprint density at radius 1 is 0.889 bits per heavy atom.